The Bertz CT molecular complexity index is 1090. The summed E-state index contributed by atoms with van der Waals surface area (Å²) in [6.07, 6.45) is 14.0. The van der Waals surface area contributed by atoms with Gasteiger partial charge in [0.2, 0.25) is 0 Å². The van der Waals surface area contributed by atoms with Crippen molar-refractivity contribution in [2.24, 2.45) is 5.92 Å². The summed E-state index contributed by atoms with van der Waals surface area (Å²) in [6, 6.07) is 21.7. The van der Waals surface area contributed by atoms with Crippen LogP contribution in [0.3, 0.4) is 0 Å². The van der Waals surface area contributed by atoms with Gasteiger partial charge in [-0.2, -0.15) is 0 Å². The maximum atomic E-state index is 5.61. The second-order valence-corrected chi connectivity index (χ2v) is 9.95. The molecule has 0 saturated heterocycles. The molecule has 1 aliphatic rings. The lowest BCUT2D eigenvalue weighted by molar-refractivity contribution is 0.302. The van der Waals surface area contributed by atoms with Crippen LogP contribution in [0.1, 0.15) is 101 Å². The number of benzene rings is 3. The average Bonchev–Trinajstić information content (AvgIpc) is 2.88. The molecule has 1 aliphatic carbocycles. The second kappa shape index (κ2) is 12.7. The van der Waals surface area contributed by atoms with Gasteiger partial charge < -0.3 is 4.74 Å². The number of ether oxygens (including phenoxy) is 1. The van der Waals surface area contributed by atoms with E-state index < -0.39 is 0 Å². The van der Waals surface area contributed by atoms with Crippen LogP contribution >= 0.6 is 0 Å². The van der Waals surface area contributed by atoms with Gasteiger partial charge in [-0.3, -0.25) is 0 Å². The van der Waals surface area contributed by atoms with Gasteiger partial charge in [0.25, 0.3) is 0 Å². The van der Waals surface area contributed by atoms with Crippen LogP contribution in [0.5, 0.6) is 5.75 Å². The smallest absolute Gasteiger partial charge is 0.119 e. The van der Waals surface area contributed by atoms with Crippen LogP contribution in [-0.2, 0) is 0 Å². The van der Waals surface area contributed by atoms with Crippen molar-refractivity contribution in [2.45, 2.75) is 84.0 Å². The third-order valence-corrected chi connectivity index (χ3v) is 7.42. The van der Waals surface area contributed by atoms with E-state index in [1.165, 1.54) is 80.5 Å². The first-order chi connectivity index (χ1) is 16.7. The molecule has 0 unspecified atom stereocenters. The van der Waals surface area contributed by atoms with Crippen molar-refractivity contribution in [3.63, 3.8) is 0 Å². The third kappa shape index (κ3) is 6.89. The van der Waals surface area contributed by atoms with Gasteiger partial charge in [0.15, 0.2) is 0 Å². The Morgan fingerprint density at radius 3 is 2.15 bits per heavy atom. The fourth-order valence-electron chi connectivity index (χ4n) is 5.36. The van der Waals surface area contributed by atoms with E-state index in [4.69, 9.17) is 4.74 Å². The molecule has 178 valence electrons. The van der Waals surface area contributed by atoms with E-state index in [0.29, 0.717) is 6.61 Å². The van der Waals surface area contributed by atoms with Gasteiger partial charge in [-0.1, -0.05) is 81.6 Å². The van der Waals surface area contributed by atoms with Crippen LogP contribution in [0.25, 0.3) is 10.8 Å². The molecule has 1 saturated carbocycles. The fraction of sp³-hybridized carbons (Fsp3) is 0.455. The predicted molar refractivity (Wildman–Crippen MR) is 146 cm³/mol. The summed E-state index contributed by atoms with van der Waals surface area (Å²) in [5, 5.41) is 2.38. The fourth-order valence-corrected chi connectivity index (χ4v) is 5.36. The van der Waals surface area contributed by atoms with Crippen molar-refractivity contribution < 1.29 is 4.74 Å². The summed E-state index contributed by atoms with van der Waals surface area (Å²) in [5.74, 6) is 9.33. The number of hydrogen-bond acceptors (Lipinski definition) is 1. The topological polar surface area (TPSA) is 9.23 Å². The third-order valence-electron chi connectivity index (χ3n) is 7.42. The standard InChI is InChI=1S/C33H40O/c1-3-5-6-7-8-9-26-12-17-29(18-13-26)30-19-14-27(15-20-30)10-11-28-16-21-32-25-33(34-4-2)23-22-31(32)24-28/h14-16,19-26,29H,3-9,12-13,17-18H2,1-2H3. The minimum atomic E-state index is 0.689. The Hall–Kier alpha value is -2.72. The van der Waals surface area contributed by atoms with Crippen molar-refractivity contribution in [2.75, 3.05) is 6.61 Å². The quantitative estimate of drug-likeness (QED) is 0.232. The van der Waals surface area contributed by atoms with Crippen LogP contribution < -0.4 is 4.74 Å². The molecule has 1 fully saturated rings. The largest absolute Gasteiger partial charge is 0.494 e. The van der Waals surface area contributed by atoms with E-state index in [9.17, 15) is 0 Å². The highest BCUT2D eigenvalue weighted by Gasteiger charge is 2.21. The van der Waals surface area contributed by atoms with Gasteiger partial charge in [-0.05, 0) is 97.2 Å². The Morgan fingerprint density at radius 2 is 1.38 bits per heavy atom. The Kier molecular flexibility index (Phi) is 9.09. The van der Waals surface area contributed by atoms with Crippen LogP contribution in [0.2, 0.25) is 0 Å². The number of fused-ring (bicyclic) bond motifs is 1. The number of unbranched alkanes of at least 4 members (excludes halogenated alkanes) is 4. The van der Waals surface area contributed by atoms with Gasteiger partial charge >= 0.3 is 0 Å². The van der Waals surface area contributed by atoms with E-state index in [0.717, 1.165) is 28.7 Å². The first kappa shape index (κ1) is 24.4. The zero-order valence-corrected chi connectivity index (χ0v) is 21.1. The number of rotatable bonds is 9. The maximum Gasteiger partial charge on any atom is 0.119 e. The van der Waals surface area contributed by atoms with E-state index >= 15 is 0 Å². The predicted octanol–water partition coefficient (Wildman–Crippen LogP) is 9.27. The molecule has 0 aliphatic heterocycles. The van der Waals surface area contributed by atoms with Crippen molar-refractivity contribution in [3.05, 3.63) is 77.4 Å². The Morgan fingerprint density at radius 1 is 0.706 bits per heavy atom. The summed E-state index contributed by atoms with van der Waals surface area (Å²) in [5.41, 5.74) is 3.65. The highest BCUT2D eigenvalue weighted by Crippen LogP contribution is 2.37. The molecule has 0 atom stereocenters. The highest BCUT2D eigenvalue weighted by molar-refractivity contribution is 5.85. The van der Waals surface area contributed by atoms with E-state index in [1.54, 1.807) is 0 Å². The second-order valence-electron chi connectivity index (χ2n) is 9.95. The molecular weight excluding hydrogens is 412 g/mol. The average molecular weight is 453 g/mol. The minimum absolute atomic E-state index is 0.689. The molecule has 0 radical (unpaired) electrons. The molecule has 0 bridgehead atoms. The van der Waals surface area contributed by atoms with Crippen molar-refractivity contribution >= 4 is 10.8 Å². The van der Waals surface area contributed by atoms with E-state index in [1.807, 2.05) is 13.0 Å². The molecule has 0 amide bonds. The molecule has 0 heterocycles. The molecule has 34 heavy (non-hydrogen) atoms. The zero-order valence-electron chi connectivity index (χ0n) is 21.1. The van der Waals surface area contributed by atoms with Gasteiger partial charge in [-0.25, -0.2) is 0 Å². The molecule has 0 N–H and O–H groups in total. The SMILES string of the molecule is CCCCCCCC1CCC(c2ccc(C#Cc3ccc4cc(OCC)ccc4c3)cc2)CC1. The molecule has 3 aromatic carbocycles. The molecule has 4 rings (SSSR count). The van der Waals surface area contributed by atoms with Gasteiger partial charge in [-0.15, -0.1) is 0 Å². The molecule has 0 spiro atoms. The van der Waals surface area contributed by atoms with Crippen LogP contribution in [-0.4, -0.2) is 6.61 Å². The van der Waals surface area contributed by atoms with E-state index in [-0.39, 0.29) is 0 Å². The van der Waals surface area contributed by atoms with Crippen LogP contribution in [0.15, 0.2) is 60.7 Å². The molecule has 1 heteroatoms. The van der Waals surface area contributed by atoms with Crippen LogP contribution in [0.4, 0.5) is 0 Å². The Balaban J connectivity index is 1.30. The van der Waals surface area contributed by atoms with Crippen molar-refractivity contribution in [1.29, 1.82) is 0 Å². The van der Waals surface area contributed by atoms with Crippen molar-refractivity contribution in [1.82, 2.24) is 0 Å². The van der Waals surface area contributed by atoms with Gasteiger partial charge in [0, 0.05) is 11.1 Å². The van der Waals surface area contributed by atoms with Crippen LogP contribution in [0, 0.1) is 17.8 Å². The lowest BCUT2D eigenvalue weighted by Crippen LogP contribution is -2.13. The maximum absolute atomic E-state index is 5.61. The Labute approximate surface area is 206 Å². The molecule has 3 aromatic rings. The lowest BCUT2D eigenvalue weighted by Gasteiger charge is -2.29. The molecule has 0 aromatic heterocycles. The van der Waals surface area contributed by atoms with Gasteiger partial charge in [0.1, 0.15) is 5.75 Å². The van der Waals surface area contributed by atoms with E-state index in [2.05, 4.69) is 73.4 Å². The summed E-state index contributed by atoms with van der Waals surface area (Å²) in [7, 11) is 0. The molecule has 1 nitrogen and oxygen atoms in total. The first-order valence-electron chi connectivity index (χ1n) is 13.5. The summed E-state index contributed by atoms with van der Waals surface area (Å²) in [4.78, 5) is 0. The zero-order chi connectivity index (χ0) is 23.6. The minimum Gasteiger partial charge on any atom is -0.494 e. The van der Waals surface area contributed by atoms with Crippen molar-refractivity contribution in [3.8, 4) is 17.6 Å². The summed E-state index contributed by atoms with van der Waals surface area (Å²) in [6.45, 7) is 5.00. The summed E-state index contributed by atoms with van der Waals surface area (Å²) >= 11 is 0. The highest BCUT2D eigenvalue weighted by atomic mass is 16.5. The molecular formula is C33H40O. The summed E-state index contributed by atoms with van der Waals surface area (Å²) < 4.78 is 5.61. The normalized spacial score (nSPS) is 17.8. The monoisotopic (exact) mass is 452 g/mol. The number of hydrogen-bond donors (Lipinski definition) is 0. The first-order valence-corrected chi connectivity index (χ1v) is 13.5. The van der Waals surface area contributed by atoms with Gasteiger partial charge in [0.05, 0.1) is 6.61 Å². The lowest BCUT2D eigenvalue weighted by atomic mass is 9.77.